The first kappa shape index (κ1) is 17.1. The van der Waals surface area contributed by atoms with Crippen molar-refractivity contribution in [3.63, 3.8) is 0 Å². The minimum Gasteiger partial charge on any atom is -0.299 e. The molecule has 0 spiro atoms. The molecule has 0 aromatic heterocycles. The van der Waals surface area contributed by atoms with Crippen LogP contribution >= 0.6 is 11.8 Å². The first-order valence-corrected chi connectivity index (χ1v) is 9.60. The van der Waals surface area contributed by atoms with Crippen LogP contribution in [-0.2, 0) is 4.79 Å². The second kappa shape index (κ2) is 11.8. The highest BCUT2D eigenvalue weighted by Crippen LogP contribution is 2.25. The Kier molecular flexibility index (Phi) is 10.6. The number of ketones is 1. The molecule has 0 amide bonds. The van der Waals surface area contributed by atoms with Crippen LogP contribution in [0.2, 0.25) is 0 Å². The molecule has 1 heterocycles. The molecule has 0 aromatic carbocycles. The van der Waals surface area contributed by atoms with Crippen LogP contribution in [-0.4, -0.2) is 17.3 Å². The Bertz CT molecular complexity index is 221. The molecule has 0 atom stereocenters. The van der Waals surface area contributed by atoms with E-state index in [1.165, 1.54) is 62.9 Å². The van der Waals surface area contributed by atoms with Crippen LogP contribution in [0.25, 0.3) is 0 Å². The number of carbonyl (C=O) groups excluding carboxylic acids is 1. The van der Waals surface area contributed by atoms with Crippen molar-refractivity contribution in [3.05, 3.63) is 0 Å². The summed E-state index contributed by atoms with van der Waals surface area (Å²) in [6, 6.07) is 0. The molecular formula is C17H32OS. The Morgan fingerprint density at radius 1 is 0.895 bits per heavy atom. The molecule has 1 rings (SSSR count). The number of hydrogen-bond acceptors (Lipinski definition) is 2. The van der Waals surface area contributed by atoms with Gasteiger partial charge in [0, 0.05) is 12.3 Å². The van der Waals surface area contributed by atoms with E-state index in [4.69, 9.17) is 0 Å². The average Bonchev–Trinajstić information content (AvgIpc) is 2.46. The maximum Gasteiger partial charge on any atom is 0.136 e. The molecule has 0 aromatic rings. The lowest BCUT2D eigenvalue weighted by atomic mass is 9.93. The van der Waals surface area contributed by atoms with Crippen molar-refractivity contribution in [3.8, 4) is 0 Å². The van der Waals surface area contributed by atoms with E-state index in [2.05, 4.69) is 6.92 Å². The topological polar surface area (TPSA) is 17.1 Å². The second-order valence-electron chi connectivity index (χ2n) is 5.93. The Hall–Kier alpha value is 0.0200. The average molecular weight is 285 g/mol. The summed E-state index contributed by atoms with van der Waals surface area (Å²) in [6.45, 7) is 2.27. The van der Waals surface area contributed by atoms with Crippen molar-refractivity contribution < 1.29 is 4.79 Å². The van der Waals surface area contributed by atoms with Crippen molar-refractivity contribution in [2.24, 2.45) is 5.92 Å². The number of unbranched alkanes of at least 4 members (excludes halogenated alkanes) is 8. The number of Topliss-reactive ketones (excluding diaryl/α,β-unsaturated/α-hetero) is 1. The molecule has 1 nitrogen and oxygen atoms in total. The van der Waals surface area contributed by atoms with Gasteiger partial charge in [-0.25, -0.2) is 0 Å². The van der Waals surface area contributed by atoms with Crippen LogP contribution in [0.3, 0.4) is 0 Å². The number of hydrogen-bond donors (Lipinski definition) is 0. The van der Waals surface area contributed by atoms with E-state index in [0.29, 0.717) is 11.7 Å². The first-order chi connectivity index (χ1) is 9.34. The molecule has 0 aliphatic carbocycles. The maximum atomic E-state index is 12.0. The standard InChI is InChI=1S/C17H32OS/c1-2-3-4-5-6-7-8-9-10-11-17(18)16-12-14-19-15-13-16/h16H,2-15H2,1H3. The molecule has 1 aliphatic rings. The molecule has 0 bridgehead atoms. The smallest absolute Gasteiger partial charge is 0.136 e. The predicted octanol–water partition coefficient (Wildman–Crippen LogP) is 5.62. The Morgan fingerprint density at radius 2 is 1.42 bits per heavy atom. The largest absolute Gasteiger partial charge is 0.299 e. The van der Waals surface area contributed by atoms with E-state index in [-0.39, 0.29) is 0 Å². The van der Waals surface area contributed by atoms with Gasteiger partial charge < -0.3 is 0 Å². The minimum atomic E-state index is 0.412. The van der Waals surface area contributed by atoms with Crippen molar-refractivity contribution in [1.82, 2.24) is 0 Å². The van der Waals surface area contributed by atoms with Gasteiger partial charge in [0.1, 0.15) is 5.78 Å². The summed E-state index contributed by atoms with van der Waals surface area (Å²) >= 11 is 2.01. The van der Waals surface area contributed by atoms with Crippen LogP contribution in [0.15, 0.2) is 0 Å². The van der Waals surface area contributed by atoms with E-state index in [9.17, 15) is 4.79 Å². The summed E-state index contributed by atoms with van der Waals surface area (Å²) in [4.78, 5) is 12.0. The normalized spacial score (nSPS) is 16.7. The fourth-order valence-electron chi connectivity index (χ4n) is 2.83. The zero-order chi connectivity index (χ0) is 13.8. The van der Waals surface area contributed by atoms with E-state index in [1.54, 1.807) is 0 Å². The van der Waals surface area contributed by atoms with Gasteiger partial charge in [-0.1, -0.05) is 58.3 Å². The Balaban J connectivity index is 1.86. The Morgan fingerprint density at radius 3 is 2.00 bits per heavy atom. The maximum absolute atomic E-state index is 12.0. The van der Waals surface area contributed by atoms with Gasteiger partial charge in [0.15, 0.2) is 0 Å². The fraction of sp³-hybridized carbons (Fsp3) is 0.941. The van der Waals surface area contributed by atoms with Crippen LogP contribution in [0.4, 0.5) is 0 Å². The van der Waals surface area contributed by atoms with Crippen LogP contribution < -0.4 is 0 Å². The molecule has 0 unspecified atom stereocenters. The van der Waals surface area contributed by atoms with Gasteiger partial charge in [-0.3, -0.25) is 4.79 Å². The van der Waals surface area contributed by atoms with Crippen molar-refractivity contribution in [2.75, 3.05) is 11.5 Å². The van der Waals surface area contributed by atoms with Gasteiger partial charge in [0.2, 0.25) is 0 Å². The molecule has 0 saturated carbocycles. The van der Waals surface area contributed by atoms with E-state index < -0.39 is 0 Å². The number of rotatable bonds is 11. The van der Waals surface area contributed by atoms with Gasteiger partial charge in [0.25, 0.3) is 0 Å². The molecule has 0 N–H and O–H groups in total. The fourth-order valence-corrected chi connectivity index (χ4v) is 3.94. The summed E-state index contributed by atoms with van der Waals surface area (Å²) in [5, 5.41) is 0. The lowest BCUT2D eigenvalue weighted by Gasteiger charge is -2.19. The van der Waals surface area contributed by atoms with Gasteiger partial charge in [0.05, 0.1) is 0 Å². The molecule has 1 aliphatic heterocycles. The second-order valence-corrected chi connectivity index (χ2v) is 7.16. The van der Waals surface area contributed by atoms with Crippen LogP contribution in [0, 0.1) is 5.92 Å². The zero-order valence-corrected chi connectivity index (χ0v) is 13.6. The highest BCUT2D eigenvalue weighted by Gasteiger charge is 2.20. The lowest BCUT2D eigenvalue weighted by Crippen LogP contribution is -2.19. The molecule has 0 radical (unpaired) electrons. The Labute approximate surface area is 124 Å². The van der Waals surface area contributed by atoms with Crippen molar-refractivity contribution in [1.29, 1.82) is 0 Å². The zero-order valence-electron chi connectivity index (χ0n) is 12.8. The summed E-state index contributed by atoms with van der Waals surface area (Å²) in [7, 11) is 0. The van der Waals surface area contributed by atoms with Gasteiger partial charge >= 0.3 is 0 Å². The highest BCUT2D eigenvalue weighted by atomic mass is 32.2. The van der Waals surface area contributed by atoms with E-state index in [1.807, 2.05) is 11.8 Å². The van der Waals surface area contributed by atoms with Crippen molar-refractivity contribution >= 4 is 17.5 Å². The van der Waals surface area contributed by atoms with E-state index in [0.717, 1.165) is 25.7 Å². The van der Waals surface area contributed by atoms with Gasteiger partial charge in [-0.15, -0.1) is 0 Å². The predicted molar refractivity (Wildman–Crippen MR) is 86.9 cm³/mol. The summed E-state index contributed by atoms with van der Waals surface area (Å²) in [5.74, 6) is 3.38. The lowest BCUT2D eigenvalue weighted by molar-refractivity contribution is -0.123. The summed E-state index contributed by atoms with van der Waals surface area (Å²) < 4.78 is 0. The molecule has 112 valence electrons. The number of thioether (sulfide) groups is 1. The monoisotopic (exact) mass is 284 g/mol. The van der Waals surface area contributed by atoms with E-state index >= 15 is 0 Å². The summed E-state index contributed by atoms with van der Waals surface area (Å²) in [6.07, 6.45) is 15.2. The highest BCUT2D eigenvalue weighted by molar-refractivity contribution is 7.99. The quantitative estimate of drug-likeness (QED) is 0.458. The van der Waals surface area contributed by atoms with Gasteiger partial charge in [-0.05, 0) is 30.8 Å². The molecular weight excluding hydrogens is 252 g/mol. The molecule has 2 heteroatoms. The molecule has 1 fully saturated rings. The third-order valence-corrected chi connectivity index (χ3v) is 5.25. The third kappa shape index (κ3) is 8.73. The number of carbonyl (C=O) groups is 1. The van der Waals surface area contributed by atoms with Crippen LogP contribution in [0.1, 0.15) is 84.0 Å². The summed E-state index contributed by atoms with van der Waals surface area (Å²) in [5.41, 5.74) is 0. The molecule has 19 heavy (non-hydrogen) atoms. The SMILES string of the molecule is CCCCCCCCCCCC(=O)C1CCSCC1. The van der Waals surface area contributed by atoms with Gasteiger partial charge in [-0.2, -0.15) is 11.8 Å². The third-order valence-electron chi connectivity index (χ3n) is 4.20. The molecule has 1 saturated heterocycles. The van der Waals surface area contributed by atoms with Crippen LogP contribution in [0.5, 0.6) is 0 Å². The first-order valence-electron chi connectivity index (χ1n) is 8.45. The van der Waals surface area contributed by atoms with Crippen molar-refractivity contribution in [2.45, 2.75) is 84.0 Å². The minimum absolute atomic E-state index is 0.412.